The summed E-state index contributed by atoms with van der Waals surface area (Å²) in [5.41, 5.74) is 3.36. The first-order valence-electron chi connectivity index (χ1n) is 13.2. The Morgan fingerprint density at radius 1 is 1.26 bits per heavy atom. The molecule has 0 unspecified atom stereocenters. The Hall–Kier alpha value is -2.49. The molecule has 2 aliphatic heterocycles. The quantitative estimate of drug-likeness (QED) is 0.354. The number of nitrogens with one attached hydrogen (secondary N) is 2. The number of para-hydroxylation sites is 1. The van der Waals surface area contributed by atoms with Crippen LogP contribution >= 0.6 is 24.8 Å². The maximum Gasteiger partial charge on any atom is 0.321 e. The third kappa shape index (κ3) is 3.65. The van der Waals surface area contributed by atoms with Crippen LogP contribution in [-0.2, 0) is 27.8 Å². The SMILES string of the molecule is CO[C@@]12CC[C@@H](N[C@@H](Cc3c[nH]c4ccccc34)C(=O)O)[C@@H]3Oc4c(O)ccc5c4[C@@]31CCN(C)[C@@H]2C5.Cl.Cl. The van der Waals surface area contributed by atoms with Crippen molar-refractivity contribution in [2.24, 2.45) is 0 Å². The van der Waals surface area contributed by atoms with Crippen LogP contribution < -0.4 is 10.1 Å². The molecule has 2 bridgehead atoms. The van der Waals surface area contributed by atoms with Gasteiger partial charge in [0.05, 0.1) is 11.0 Å². The first kappa shape index (κ1) is 28.1. The minimum absolute atomic E-state index is 0. The highest BCUT2D eigenvalue weighted by Crippen LogP contribution is 2.66. The third-order valence-corrected chi connectivity index (χ3v) is 9.87. The maximum atomic E-state index is 12.5. The number of benzene rings is 2. The maximum absolute atomic E-state index is 12.5. The molecule has 39 heavy (non-hydrogen) atoms. The van der Waals surface area contributed by atoms with Crippen LogP contribution in [0, 0.1) is 0 Å². The molecule has 210 valence electrons. The van der Waals surface area contributed by atoms with Crippen molar-refractivity contribution in [1.82, 2.24) is 15.2 Å². The molecule has 1 saturated carbocycles. The average molecular weight is 577 g/mol. The number of hydrogen-bond acceptors (Lipinski definition) is 6. The van der Waals surface area contributed by atoms with E-state index in [0.717, 1.165) is 54.3 Å². The van der Waals surface area contributed by atoms with Gasteiger partial charge in [-0.3, -0.25) is 10.1 Å². The Morgan fingerprint density at radius 2 is 2.05 bits per heavy atom. The van der Waals surface area contributed by atoms with Gasteiger partial charge < -0.3 is 29.6 Å². The van der Waals surface area contributed by atoms with Crippen molar-refractivity contribution in [2.45, 2.75) is 67.3 Å². The van der Waals surface area contributed by atoms with Crippen molar-refractivity contribution >= 4 is 41.7 Å². The van der Waals surface area contributed by atoms with E-state index in [1.54, 1.807) is 6.07 Å². The number of hydrogen-bond donors (Lipinski definition) is 4. The number of nitrogens with zero attached hydrogens (tertiary/aromatic N) is 1. The van der Waals surface area contributed by atoms with Crippen LogP contribution in [0.2, 0.25) is 0 Å². The largest absolute Gasteiger partial charge is 0.504 e. The zero-order chi connectivity index (χ0) is 25.5. The van der Waals surface area contributed by atoms with E-state index in [4.69, 9.17) is 9.47 Å². The zero-order valence-electron chi connectivity index (χ0n) is 22.0. The van der Waals surface area contributed by atoms with Gasteiger partial charge in [0.15, 0.2) is 11.5 Å². The number of rotatable bonds is 6. The smallest absolute Gasteiger partial charge is 0.321 e. The van der Waals surface area contributed by atoms with E-state index in [9.17, 15) is 15.0 Å². The van der Waals surface area contributed by atoms with Crippen molar-refractivity contribution < 1.29 is 24.5 Å². The van der Waals surface area contributed by atoms with Crippen LogP contribution in [0.4, 0.5) is 0 Å². The fraction of sp³-hybridized carbons (Fsp3) is 0.483. The predicted octanol–water partition coefficient (Wildman–Crippen LogP) is 3.81. The van der Waals surface area contributed by atoms with Crippen LogP contribution in [0.1, 0.15) is 36.0 Å². The number of likely N-dealkylation sites (tertiary alicyclic amines) is 1. The number of aromatic hydroxyl groups is 1. The first-order valence-corrected chi connectivity index (χ1v) is 13.2. The minimum atomic E-state index is -0.879. The van der Waals surface area contributed by atoms with E-state index in [1.165, 1.54) is 5.56 Å². The van der Waals surface area contributed by atoms with Gasteiger partial charge in [-0.25, -0.2) is 0 Å². The summed E-state index contributed by atoms with van der Waals surface area (Å²) in [5.74, 6) is -0.170. The number of phenols is 1. The van der Waals surface area contributed by atoms with Crippen molar-refractivity contribution in [3.63, 3.8) is 0 Å². The summed E-state index contributed by atoms with van der Waals surface area (Å²) < 4.78 is 13.2. The fourth-order valence-corrected chi connectivity index (χ4v) is 8.31. The van der Waals surface area contributed by atoms with E-state index in [2.05, 4.69) is 22.2 Å². The Morgan fingerprint density at radius 3 is 2.82 bits per heavy atom. The molecule has 1 aromatic heterocycles. The monoisotopic (exact) mass is 575 g/mol. The van der Waals surface area contributed by atoms with Crippen LogP contribution in [0.5, 0.6) is 11.5 Å². The molecule has 1 spiro atoms. The highest BCUT2D eigenvalue weighted by atomic mass is 35.5. The number of carboxylic acids is 1. The van der Waals surface area contributed by atoms with Gasteiger partial charge in [0.2, 0.25) is 0 Å². The highest BCUT2D eigenvalue weighted by Gasteiger charge is 2.73. The Bertz CT molecular complexity index is 1410. The van der Waals surface area contributed by atoms with Crippen LogP contribution in [0.3, 0.4) is 0 Å². The number of methoxy groups -OCH3 is 1. The number of phenolic OH excluding ortho intramolecular Hbond substituents is 1. The van der Waals surface area contributed by atoms with E-state index in [0.29, 0.717) is 12.2 Å². The molecule has 2 aromatic carbocycles. The second-order valence-corrected chi connectivity index (χ2v) is 11.3. The van der Waals surface area contributed by atoms with Crippen molar-refractivity contribution in [1.29, 1.82) is 0 Å². The molecular formula is C29H35Cl2N3O5. The molecule has 3 heterocycles. The molecule has 7 rings (SSSR count). The topological polar surface area (TPSA) is 107 Å². The average Bonchev–Trinajstić information content (AvgIpc) is 3.47. The second kappa shape index (κ2) is 9.85. The van der Waals surface area contributed by atoms with Gasteiger partial charge in [-0.05, 0) is 62.5 Å². The lowest BCUT2D eigenvalue weighted by Crippen LogP contribution is -2.78. The molecule has 4 N–H and O–H groups in total. The number of piperidine rings is 1. The van der Waals surface area contributed by atoms with Gasteiger partial charge in [-0.2, -0.15) is 0 Å². The standard InChI is InChI=1S/C29H33N3O5.2ClH/c1-32-12-11-28-24-16-7-8-22(33)25(24)37-26(28)20(9-10-29(28,36-2)23(32)14-16)31-21(27(34)35)13-17-15-30-19-6-4-3-5-18(17)19;;/h3-8,15,20-21,23,26,30-31,33H,9-14H2,1-2H3,(H,34,35);2*1H/t20-,21+,23-,26+,28+,29-;;/m1../s1. The molecule has 0 radical (unpaired) electrons. The number of aromatic amines is 1. The van der Waals surface area contributed by atoms with E-state index < -0.39 is 23.0 Å². The summed E-state index contributed by atoms with van der Waals surface area (Å²) >= 11 is 0. The Balaban J connectivity index is 0.00000154. The zero-order valence-corrected chi connectivity index (χ0v) is 23.6. The van der Waals surface area contributed by atoms with Gasteiger partial charge in [0.1, 0.15) is 12.1 Å². The van der Waals surface area contributed by atoms with Gasteiger partial charge in [0.25, 0.3) is 0 Å². The number of aliphatic carboxylic acids is 1. The summed E-state index contributed by atoms with van der Waals surface area (Å²) in [4.78, 5) is 18.2. The summed E-state index contributed by atoms with van der Waals surface area (Å²) in [6.45, 7) is 0.897. The lowest BCUT2D eigenvalue weighted by molar-refractivity contribution is -0.204. The van der Waals surface area contributed by atoms with Gasteiger partial charge >= 0.3 is 5.97 Å². The fourth-order valence-electron chi connectivity index (χ4n) is 8.31. The molecule has 3 aromatic rings. The van der Waals surface area contributed by atoms with Crippen LogP contribution in [0.15, 0.2) is 42.6 Å². The normalized spacial score (nSPS) is 31.0. The Kier molecular flexibility index (Phi) is 7.09. The van der Waals surface area contributed by atoms with Crippen LogP contribution in [0.25, 0.3) is 10.9 Å². The number of fused-ring (bicyclic) bond motifs is 1. The number of ether oxygens (including phenoxy) is 2. The number of H-pyrrole nitrogens is 1. The third-order valence-electron chi connectivity index (χ3n) is 9.87. The molecule has 8 nitrogen and oxygen atoms in total. The molecule has 4 aliphatic rings. The van der Waals surface area contributed by atoms with Crippen molar-refractivity contribution in [2.75, 3.05) is 20.7 Å². The molecular weight excluding hydrogens is 541 g/mol. The van der Waals surface area contributed by atoms with Crippen molar-refractivity contribution in [3.8, 4) is 11.5 Å². The summed E-state index contributed by atoms with van der Waals surface area (Å²) in [6.07, 6.45) is 5.15. The van der Waals surface area contributed by atoms with Crippen molar-refractivity contribution in [3.05, 3.63) is 59.3 Å². The summed E-state index contributed by atoms with van der Waals surface area (Å²) in [7, 11) is 3.98. The summed E-state index contributed by atoms with van der Waals surface area (Å²) in [6, 6.07) is 10.9. The van der Waals surface area contributed by atoms with Gasteiger partial charge in [0, 0.05) is 48.3 Å². The van der Waals surface area contributed by atoms with Crippen LogP contribution in [-0.4, -0.2) is 76.6 Å². The van der Waals surface area contributed by atoms with E-state index >= 15 is 0 Å². The predicted molar refractivity (Wildman–Crippen MR) is 153 cm³/mol. The molecule has 0 amide bonds. The molecule has 1 saturated heterocycles. The molecule has 10 heteroatoms. The Labute approximate surface area is 239 Å². The minimum Gasteiger partial charge on any atom is -0.504 e. The highest BCUT2D eigenvalue weighted by molar-refractivity contribution is 5.86. The second-order valence-electron chi connectivity index (χ2n) is 11.3. The number of aromatic nitrogens is 1. The lowest BCUT2D eigenvalue weighted by Gasteiger charge is -2.65. The molecule has 2 fully saturated rings. The number of likely N-dealkylation sites (N-methyl/N-ethyl adjacent to an activating group) is 1. The van der Waals surface area contributed by atoms with Gasteiger partial charge in [-0.1, -0.05) is 24.3 Å². The first-order chi connectivity index (χ1) is 17.9. The summed E-state index contributed by atoms with van der Waals surface area (Å²) in [5, 5.41) is 25.7. The number of carbonyl (C=O) groups is 1. The van der Waals surface area contributed by atoms with E-state index in [1.807, 2.05) is 43.6 Å². The molecule has 2 aliphatic carbocycles. The number of halogens is 2. The number of carboxylic acid groups (broad SMARTS) is 1. The lowest BCUT2D eigenvalue weighted by atomic mass is 9.48. The van der Waals surface area contributed by atoms with E-state index in [-0.39, 0.29) is 48.8 Å². The van der Waals surface area contributed by atoms with Gasteiger partial charge in [-0.15, -0.1) is 24.8 Å². The molecule has 6 atom stereocenters.